The van der Waals surface area contributed by atoms with Gasteiger partial charge in [0.25, 0.3) is 0 Å². The van der Waals surface area contributed by atoms with Crippen LogP contribution in [0.3, 0.4) is 0 Å². The zero-order valence-corrected chi connectivity index (χ0v) is 7.41. The van der Waals surface area contributed by atoms with Crippen LogP contribution in [0.2, 0.25) is 0 Å². The van der Waals surface area contributed by atoms with Gasteiger partial charge >= 0.3 is 0 Å². The minimum atomic E-state index is -0.634. The molecule has 0 fully saturated rings. The van der Waals surface area contributed by atoms with Crippen LogP contribution >= 0.6 is 0 Å². The Balaban J connectivity index is 2.95. The van der Waals surface area contributed by atoms with Crippen LogP contribution in [0.15, 0.2) is 30.4 Å². The minimum Gasteiger partial charge on any atom is -0.382 e. The minimum absolute atomic E-state index is 0.634. The van der Waals surface area contributed by atoms with E-state index in [1.54, 1.807) is 13.0 Å². The second kappa shape index (κ2) is 3.50. The van der Waals surface area contributed by atoms with Crippen LogP contribution in [0.25, 0.3) is 0 Å². The van der Waals surface area contributed by atoms with Crippen LogP contribution in [0.1, 0.15) is 24.4 Å². The summed E-state index contributed by atoms with van der Waals surface area (Å²) in [5.41, 5.74) is 2.29. The van der Waals surface area contributed by atoms with Crippen LogP contribution in [-0.2, 0) is 0 Å². The van der Waals surface area contributed by atoms with E-state index in [4.69, 9.17) is 0 Å². The second-order valence-electron chi connectivity index (χ2n) is 2.95. The normalized spacial score (nSPS) is 12.6. The molecule has 2 nitrogen and oxygen atoms in total. The lowest BCUT2D eigenvalue weighted by Crippen LogP contribution is -2.01. The first-order chi connectivity index (χ1) is 5.61. The molecule has 1 aromatic heterocycles. The van der Waals surface area contributed by atoms with E-state index in [0.717, 1.165) is 5.69 Å². The molecular weight excluding hydrogens is 150 g/mol. The highest BCUT2D eigenvalue weighted by Gasteiger charge is 2.08. The lowest BCUT2D eigenvalue weighted by molar-refractivity contribution is 0.211. The Morgan fingerprint density at radius 1 is 1.58 bits per heavy atom. The molecular formula is C10H13NO. The predicted octanol–water partition coefficient (Wildman–Crippen LogP) is 2.00. The maximum Gasteiger partial charge on any atom is 0.116 e. The third-order valence-corrected chi connectivity index (χ3v) is 1.66. The van der Waals surface area contributed by atoms with E-state index in [-0.39, 0.29) is 0 Å². The summed E-state index contributed by atoms with van der Waals surface area (Å²) in [7, 11) is 0. The van der Waals surface area contributed by atoms with Gasteiger partial charge in [-0.1, -0.05) is 12.6 Å². The van der Waals surface area contributed by atoms with E-state index in [0.29, 0.717) is 11.3 Å². The molecule has 12 heavy (non-hydrogen) atoms. The van der Waals surface area contributed by atoms with Crippen molar-refractivity contribution in [3.05, 3.63) is 41.7 Å². The number of pyridine rings is 1. The highest BCUT2D eigenvalue weighted by atomic mass is 16.3. The van der Waals surface area contributed by atoms with Gasteiger partial charge in [0.05, 0.1) is 5.69 Å². The van der Waals surface area contributed by atoms with E-state index in [1.165, 1.54) is 0 Å². The first-order valence-corrected chi connectivity index (χ1v) is 3.88. The monoisotopic (exact) mass is 163 g/mol. The Bertz CT molecular complexity index is 294. The number of rotatable bonds is 2. The topological polar surface area (TPSA) is 33.1 Å². The van der Waals surface area contributed by atoms with Crippen molar-refractivity contribution in [1.82, 2.24) is 4.98 Å². The molecule has 2 heteroatoms. The molecule has 0 aliphatic rings. The molecule has 1 aromatic rings. The number of aliphatic hydroxyl groups excluding tert-OH is 1. The van der Waals surface area contributed by atoms with Crippen LogP contribution in [0, 0.1) is 6.92 Å². The fourth-order valence-electron chi connectivity index (χ4n) is 0.969. The van der Waals surface area contributed by atoms with Gasteiger partial charge in [0.2, 0.25) is 0 Å². The summed E-state index contributed by atoms with van der Waals surface area (Å²) in [6.45, 7) is 7.35. The molecule has 0 bridgehead atoms. The summed E-state index contributed by atoms with van der Waals surface area (Å²) in [5.74, 6) is 0. The van der Waals surface area contributed by atoms with Crippen molar-refractivity contribution in [3.63, 3.8) is 0 Å². The Kier molecular flexibility index (Phi) is 2.61. The fourth-order valence-corrected chi connectivity index (χ4v) is 0.969. The van der Waals surface area contributed by atoms with Crippen LogP contribution < -0.4 is 0 Å². The molecule has 1 unspecified atom stereocenters. The summed E-state index contributed by atoms with van der Waals surface area (Å²) in [5, 5.41) is 9.56. The maximum absolute atomic E-state index is 9.56. The van der Waals surface area contributed by atoms with Crippen LogP contribution in [-0.4, -0.2) is 10.1 Å². The first kappa shape index (κ1) is 8.94. The standard InChI is InChI=1S/C10H13NO/c1-7(2)10(12)9-6-4-5-8(3)11-9/h4-6,10,12H,1H2,2-3H3. The Labute approximate surface area is 72.6 Å². The second-order valence-corrected chi connectivity index (χ2v) is 2.95. The highest BCUT2D eigenvalue weighted by molar-refractivity contribution is 5.18. The van der Waals surface area contributed by atoms with Gasteiger partial charge in [0.1, 0.15) is 6.10 Å². The van der Waals surface area contributed by atoms with Crippen molar-refractivity contribution in [2.24, 2.45) is 0 Å². The fraction of sp³-hybridized carbons (Fsp3) is 0.300. The SMILES string of the molecule is C=C(C)C(O)c1cccc(C)n1. The van der Waals surface area contributed by atoms with Gasteiger partial charge < -0.3 is 5.11 Å². The summed E-state index contributed by atoms with van der Waals surface area (Å²) >= 11 is 0. The molecule has 0 aliphatic carbocycles. The molecule has 1 N–H and O–H groups in total. The Morgan fingerprint density at radius 3 is 2.75 bits per heavy atom. The van der Waals surface area contributed by atoms with E-state index in [9.17, 15) is 5.11 Å². The van der Waals surface area contributed by atoms with Crippen molar-refractivity contribution in [2.75, 3.05) is 0 Å². The number of aromatic nitrogens is 1. The average Bonchev–Trinajstić information content (AvgIpc) is 2.03. The lowest BCUT2D eigenvalue weighted by atomic mass is 10.1. The summed E-state index contributed by atoms with van der Waals surface area (Å²) in [6.07, 6.45) is -0.634. The Morgan fingerprint density at radius 2 is 2.25 bits per heavy atom. The predicted molar refractivity (Wildman–Crippen MR) is 48.7 cm³/mol. The quantitative estimate of drug-likeness (QED) is 0.676. The van der Waals surface area contributed by atoms with Crippen molar-refractivity contribution in [2.45, 2.75) is 20.0 Å². The number of nitrogens with zero attached hydrogens (tertiary/aromatic N) is 1. The van der Waals surface area contributed by atoms with Crippen molar-refractivity contribution in [1.29, 1.82) is 0 Å². The zero-order chi connectivity index (χ0) is 9.14. The molecule has 0 amide bonds. The van der Waals surface area contributed by atoms with Gasteiger partial charge in [-0.2, -0.15) is 0 Å². The average molecular weight is 163 g/mol. The van der Waals surface area contributed by atoms with Gasteiger partial charge in [-0.05, 0) is 31.6 Å². The van der Waals surface area contributed by atoms with Crippen molar-refractivity contribution >= 4 is 0 Å². The van der Waals surface area contributed by atoms with E-state index < -0.39 is 6.10 Å². The summed E-state index contributed by atoms with van der Waals surface area (Å²) in [6, 6.07) is 5.57. The molecule has 0 saturated heterocycles. The van der Waals surface area contributed by atoms with E-state index in [2.05, 4.69) is 11.6 Å². The maximum atomic E-state index is 9.56. The summed E-state index contributed by atoms with van der Waals surface area (Å²) in [4.78, 5) is 4.18. The van der Waals surface area contributed by atoms with Gasteiger partial charge in [-0.15, -0.1) is 0 Å². The van der Waals surface area contributed by atoms with Gasteiger partial charge in [0, 0.05) is 5.69 Å². The summed E-state index contributed by atoms with van der Waals surface area (Å²) < 4.78 is 0. The smallest absolute Gasteiger partial charge is 0.116 e. The van der Waals surface area contributed by atoms with E-state index in [1.807, 2.05) is 19.1 Å². The molecule has 1 atom stereocenters. The van der Waals surface area contributed by atoms with Crippen molar-refractivity contribution < 1.29 is 5.11 Å². The zero-order valence-electron chi connectivity index (χ0n) is 7.41. The number of aliphatic hydroxyl groups is 1. The number of hydrogen-bond donors (Lipinski definition) is 1. The van der Waals surface area contributed by atoms with Gasteiger partial charge in [0.15, 0.2) is 0 Å². The highest BCUT2D eigenvalue weighted by Crippen LogP contribution is 2.17. The molecule has 0 radical (unpaired) electrons. The van der Waals surface area contributed by atoms with Crippen LogP contribution in [0.5, 0.6) is 0 Å². The Hall–Kier alpha value is -1.15. The van der Waals surface area contributed by atoms with Gasteiger partial charge in [-0.3, -0.25) is 4.98 Å². The molecule has 1 heterocycles. The molecule has 1 rings (SSSR count). The first-order valence-electron chi connectivity index (χ1n) is 3.88. The third-order valence-electron chi connectivity index (χ3n) is 1.66. The van der Waals surface area contributed by atoms with Crippen molar-refractivity contribution in [3.8, 4) is 0 Å². The molecule has 0 saturated carbocycles. The molecule has 0 aromatic carbocycles. The lowest BCUT2D eigenvalue weighted by Gasteiger charge is -2.09. The molecule has 0 spiro atoms. The molecule has 64 valence electrons. The molecule has 0 aliphatic heterocycles. The number of hydrogen-bond acceptors (Lipinski definition) is 2. The van der Waals surface area contributed by atoms with E-state index >= 15 is 0 Å². The van der Waals surface area contributed by atoms with Gasteiger partial charge in [-0.25, -0.2) is 0 Å². The largest absolute Gasteiger partial charge is 0.382 e. The van der Waals surface area contributed by atoms with Crippen LogP contribution in [0.4, 0.5) is 0 Å². The third kappa shape index (κ3) is 1.92. The number of aryl methyl sites for hydroxylation is 1.